The van der Waals surface area contributed by atoms with Gasteiger partial charge in [0.1, 0.15) is 16.7 Å². The first-order valence-corrected chi connectivity index (χ1v) is 12.7. The molecule has 0 bridgehead atoms. The molecule has 2 heterocycles. The van der Waals surface area contributed by atoms with Gasteiger partial charge in [-0.15, -0.1) is 11.3 Å². The van der Waals surface area contributed by atoms with E-state index in [9.17, 15) is 0 Å². The second-order valence-electron chi connectivity index (χ2n) is 8.12. The van der Waals surface area contributed by atoms with Crippen molar-refractivity contribution >= 4 is 22.4 Å². The van der Waals surface area contributed by atoms with E-state index in [1.807, 2.05) is 29.0 Å². The number of rotatable bonds is 15. The fourth-order valence-electron chi connectivity index (χ4n) is 3.78. The van der Waals surface area contributed by atoms with Crippen molar-refractivity contribution in [3.05, 3.63) is 41.1 Å². The van der Waals surface area contributed by atoms with E-state index in [4.69, 9.17) is 14.7 Å². The van der Waals surface area contributed by atoms with Crippen molar-refractivity contribution in [1.29, 1.82) is 0 Å². The molecule has 4 heteroatoms. The molecule has 0 amide bonds. The lowest BCUT2D eigenvalue weighted by Gasteiger charge is -2.10. The highest BCUT2D eigenvalue weighted by molar-refractivity contribution is 7.09. The van der Waals surface area contributed by atoms with Gasteiger partial charge in [-0.3, -0.25) is 0 Å². The molecule has 1 aromatic carbocycles. The number of nitrogens with zero attached hydrogens (tertiary/aromatic N) is 2. The quantitative estimate of drug-likeness (QED) is 0.230. The monoisotopic (exact) mass is 424 g/mol. The first-order chi connectivity index (χ1) is 14.9. The van der Waals surface area contributed by atoms with Crippen LogP contribution in [0.5, 0.6) is 5.88 Å². The molecule has 0 saturated carbocycles. The Labute approximate surface area is 185 Å². The molecule has 162 valence electrons. The van der Waals surface area contributed by atoms with Gasteiger partial charge in [0.25, 0.3) is 0 Å². The highest BCUT2D eigenvalue weighted by Gasteiger charge is 2.12. The Bertz CT molecular complexity index is 847. The van der Waals surface area contributed by atoms with Gasteiger partial charge < -0.3 is 4.74 Å². The van der Waals surface area contributed by atoms with Crippen LogP contribution in [-0.2, 0) is 0 Å². The van der Waals surface area contributed by atoms with Crippen molar-refractivity contribution in [3.8, 4) is 17.1 Å². The van der Waals surface area contributed by atoms with E-state index in [-0.39, 0.29) is 0 Å². The van der Waals surface area contributed by atoms with Crippen molar-refractivity contribution in [3.63, 3.8) is 0 Å². The average molecular weight is 425 g/mol. The molecule has 0 aliphatic heterocycles. The van der Waals surface area contributed by atoms with Crippen LogP contribution in [0.15, 0.2) is 41.1 Å². The third kappa shape index (κ3) is 7.39. The number of ether oxygens (including phenoxy) is 1. The SMILES string of the molecule is CCCCCCCCCCCCCCOc1nc2cscc2nc1-c1ccccc1. The van der Waals surface area contributed by atoms with Gasteiger partial charge in [-0.2, -0.15) is 0 Å². The zero-order valence-corrected chi connectivity index (χ0v) is 19.3. The molecule has 0 N–H and O–H groups in total. The molecule has 0 saturated heterocycles. The van der Waals surface area contributed by atoms with Crippen LogP contribution in [-0.4, -0.2) is 16.6 Å². The lowest BCUT2D eigenvalue weighted by atomic mass is 10.1. The minimum Gasteiger partial charge on any atom is -0.476 e. The van der Waals surface area contributed by atoms with Gasteiger partial charge in [0.05, 0.1) is 6.61 Å². The summed E-state index contributed by atoms with van der Waals surface area (Å²) in [7, 11) is 0. The number of hydrogen-bond donors (Lipinski definition) is 0. The third-order valence-electron chi connectivity index (χ3n) is 5.56. The fourth-order valence-corrected chi connectivity index (χ4v) is 4.45. The van der Waals surface area contributed by atoms with E-state index < -0.39 is 0 Å². The molecule has 0 fully saturated rings. The predicted octanol–water partition coefficient (Wildman–Crippen LogP) is 8.44. The van der Waals surface area contributed by atoms with Gasteiger partial charge >= 0.3 is 0 Å². The van der Waals surface area contributed by atoms with Crippen molar-refractivity contribution in [1.82, 2.24) is 9.97 Å². The van der Waals surface area contributed by atoms with Crippen LogP contribution < -0.4 is 4.74 Å². The second kappa shape index (κ2) is 13.4. The molecule has 0 spiro atoms. The number of hydrogen-bond acceptors (Lipinski definition) is 4. The summed E-state index contributed by atoms with van der Waals surface area (Å²) in [5, 5.41) is 4.08. The van der Waals surface area contributed by atoms with Crippen LogP contribution in [0.1, 0.15) is 84.0 Å². The molecule has 2 aromatic heterocycles. The van der Waals surface area contributed by atoms with Gasteiger partial charge in [-0.25, -0.2) is 9.97 Å². The molecule has 0 radical (unpaired) electrons. The Balaban J connectivity index is 1.35. The van der Waals surface area contributed by atoms with E-state index in [0.29, 0.717) is 12.5 Å². The van der Waals surface area contributed by atoms with Crippen LogP contribution in [0, 0.1) is 0 Å². The molecule has 0 atom stereocenters. The summed E-state index contributed by atoms with van der Waals surface area (Å²) in [6.45, 7) is 2.99. The maximum Gasteiger partial charge on any atom is 0.241 e. The van der Waals surface area contributed by atoms with Crippen molar-refractivity contribution in [2.24, 2.45) is 0 Å². The lowest BCUT2D eigenvalue weighted by molar-refractivity contribution is 0.294. The lowest BCUT2D eigenvalue weighted by Crippen LogP contribution is -2.02. The molecule has 0 aliphatic carbocycles. The molecular weight excluding hydrogens is 388 g/mol. The Morgan fingerprint density at radius 1 is 0.700 bits per heavy atom. The van der Waals surface area contributed by atoms with Crippen LogP contribution in [0.2, 0.25) is 0 Å². The summed E-state index contributed by atoms with van der Waals surface area (Å²) in [5.74, 6) is 0.662. The van der Waals surface area contributed by atoms with E-state index >= 15 is 0 Å². The van der Waals surface area contributed by atoms with Crippen LogP contribution in [0.4, 0.5) is 0 Å². The minimum absolute atomic E-state index is 0.662. The minimum atomic E-state index is 0.662. The van der Waals surface area contributed by atoms with Crippen molar-refractivity contribution < 1.29 is 4.74 Å². The summed E-state index contributed by atoms with van der Waals surface area (Å²) < 4.78 is 6.09. The first-order valence-electron chi connectivity index (χ1n) is 11.8. The van der Waals surface area contributed by atoms with Crippen molar-refractivity contribution in [2.75, 3.05) is 6.61 Å². The maximum absolute atomic E-state index is 6.09. The largest absolute Gasteiger partial charge is 0.476 e. The molecule has 0 unspecified atom stereocenters. The summed E-state index contributed by atoms with van der Waals surface area (Å²) in [6.07, 6.45) is 16.2. The highest BCUT2D eigenvalue weighted by Crippen LogP contribution is 2.30. The molecular formula is C26H36N2OS. The van der Waals surface area contributed by atoms with E-state index in [1.165, 1.54) is 70.6 Å². The Kier molecular flexibility index (Phi) is 10.1. The zero-order chi connectivity index (χ0) is 20.9. The first kappa shape index (κ1) is 22.7. The molecule has 3 nitrogen and oxygen atoms in total. The number of fused-ring (bicyclic) bond motifs is 1. The summed E-state index contributed by atoms with van der Waals surface area (Å²) in [5.41, 5.74) is 3.77. The Morgan fingerprint density at radius 3 is 1.90 bits per heavy atom. The van der Waals surface area contributed by atoms with Crippen molar-refractivity contribution in [2.45, 2.75) is 84.0 Å². The van der Waals surface area contributed by atoms with Crippen LogP contribution in [0.3, 0.4) is 0 Å². The summed E-state index contributed by atoms with van der Waals surface area (Å²) in [6, 6.07) is 10.2. The van der Waals surface area contributed by atoms with Gasteiger partial charge in [0.2, 0.25) is 5.88 Å². The predicted molar refractivity (Wildman–Crippen MR) is 129 cm³/mol. The average Bonchev–Trinajstić information content (AvgIpc) is 3.24. The van der Waals surface area contributed by atoms with E-state index in [0.717, 1.165) is 28.7 Å². The van der Waals surface area contributed by atoms with Gasteiger partial charge in [0.15, 0.2) is 0 Å². The molecule has 3 rings (SSSR count). The third-order valence-corrected chi connectivity index (χ3v) is 6.28. The second-order valence-corrected chi connectivity index (χ2v) is 8.87. The van der Waals surface area contributed by atoms with Gasteiger partial charge in [-0.05, 0) is 6.42 Å². The molecule has 3 aromatic rings. The smallest absolute Gasteiger partial charge is 0.241 e. The zero-order valence-electron chi connectivity index (χ0n) is 18.4. The molecule has 0 aliphatic rings. The number of aromatic nitrogens is 2. The maximum atomic E-state index is 6.09. The van der Waals surface area contributed by atoms with Gasteiger partial charge in [0, 0.05) is 16.3 Å². The fraction of sp³-hybridized carbons (Fsp3) is 0.538. The van der Waals surface area contributed by atoms with Crippen LogP contribution >= 0.6 is 11.3 Å². The highest BCUT2D eigenvalue weighted by atomic mass is 32.1. The Hall–Kier alpha value is -1.94. The molecule has 30 heavy (non-hydrogen) atoms. The topological polar surface area (TPSA) is 35.0 Å². The standard InChI is InChI=1S/C26H36N2OS/c1-2-3-4-5-6-7-8-9-10-11-12-16-19-29-26-25(22-17-14-13-15-18-22)27-23-20-30-21-24(23)28-26/h13-15,17-18,20-21H,2-12,16,19H2,1H3. The Morgan fingerprint density at radius 2 is 1.27 bits per heavy atom. The van der Waals surface area contributed by atoms with E-state index in [1.54, 1.807) is 11.3 Å². The summed E-state index contributed by atoms with van der Waals surface area (Å²) >= 11 is 1.63. The number of benzene rings is 1. The normalized spacial score (nSPS) is 11.2. The van der Waals surface area contributed by atoms with Gasteiger partial charge in [-0.1, -0.05) is 108 Å². The van der Waals surface area contributed by atoms with E-state index in [2.05, 4.69) is 19.1 Å². The number of thiophene rings is 1. The number of unbranched alkanes of at least 4 members (excludes halogenated alkanes) is 11. The summed E-state index contributed by atoms with van der Waals surface area (Å²) in [4.78, 5) is 9.54. The van der Waals surface area contributed by atoms with Crippen LogP contribution in [0.25, 0.3) is 22.3 Å².